The van der Waals surface area contributed by atoms with Gasteiger partial charge >= 0.3 is 0 Å². The SMILES string of the molecule is CCC(C)NC(N)=NCc1nc2ccccc2n1C1CC1. The van der Waals surface area contributed by atoms with Crippen LogP contribution < -0.4 is 11.1 Å². The number of nitrogens with zero attached hydrogens (tertiary/aromatic N) is 3. The maximum Gasteiger partial charge on any atom is 0.189 e. The standard InChI is InChI=1S/C16H23N5/c1-3-11(2)19-16(17)18-10-15-20-13-6-4-5-7-14(13)21(15)12-8-9-12/h4-7,11-12H,3,8-10H2,1-2H3,(H3,17,18,19). The molecular weight excluding hydrogens is 262 g/mol. The number of fused-ring (bicyclic) bond motifs is 1. The van der Waals surface area contributed by atoms with E-state index < -0.39 is 0 Å². The molecule has 1 heterocycles. The molecule has 0 spiro atoms. The Hall–Kier alpha value is -2.04. The van der Waals surface area contributed by atoms with E-state index in [-0.39, 0.29) is 0 Å². The summed E-state index contributed by atoms with van der Waals surface area (Å²) in [6.45, 7) is 4.75. The number of para-hydroxylation sites is 2. The molecule has 0 saturated heterocycles. The number of nitrogens with one attached hydrogen (secondary N) is 1. The van der Waals surface area contributed by atoms with E-state index in [9.17, 15) is 0 Å². The van der Waals surface area contributed by atoms with Crippen molar-refractivity contribution in [2.75, 3.05) is 0 Å². The van der Waals surface area contributed by atoms with Crippen LogP contribution in [-0.4, -0.2) is 21.6 Å². The number of benzene rings is 1. The third-order valence-corrected chi connectivity index (χ3v) is 3.98. The maximum absolute atomic E-state index is 5.94. The molecule has 1 aromatic carbocycles. The highest BCUT2D eigenvalue weighted by atomic mass is 15.2. The van der Waals surface area contributed by atoms with Crippen molar-refractivity contribution in [2.45, 2.75) is 51.7 Å². The van der Waals surface area contributed by atoms with Crippen molar-refractivity contribution in [2.24, 2.45) is 10.7 Å². The molecule has 5 heteroatoms. The van der Waals surface area contributed by atoms with Crippen molar-refractivity contribution in [3.63, 3.8) is 0 Å². The average molecular weight is 285 g/mol. The molecule has 1 aliphatic carbocycles. The van der Waals surface area contributed by atoms with Gasteiger partial charge in [-0.2, -0.15) is 0 Å². The summed E-state index contributed by atoms with van der Waals surface area (Å²) >= 11 is 0. The third-order valence-electron chi connectivity index (χ3n) is 3.98. The fraction of sp³-hybridized carbons (Fsp3) is 0.500. The molecule has 21 heavy (non-hydrogen) atoms. The molecule has 3 N–H and O–H groups in total. The largest absolute Gasteiger partial charge is 0.370 e. The van der Waals surface area contributed by atoms with E-state index in [1.165, 1.54) is 18.4 Å². The minimum Gasteiger partial charge on any atom is -0.370 e. The van der Waals surface area contributed by atoms with Crippen molar-refractivity contribution < 1.29 is 0 Å². The van der Waals surface area contributed by atoms with Crippen LogP contribution in [0.3, 0.4) is 0 Å². The lowest BCUT2D eigenvalue weighted by atomic mass is 10.3. The van der Waals surface area contributed by atoms with E-state index >= 15 is 0 Å². The Morgan fingerprint density at radius 3 is 2.95 bits per heavy atom. The van der Waals surface area contributed by atoms with Gasteiger partial charge in [-0.1, -0.05) is 19.1 Å². The average Bonchev–Trinajstić information content (AvgIpc) is 3.25. The zero-order valence-electron chi connectivity index (χ0n) is 12.7. The predicted molar refractivity (Wildman–Crippen MR) is 86.2 cm³/mol. The van der Waals surface area contributed by atoms with Gasteiger partial charge in [0.15, 0.2) is 5.96 Å². The molecule has 1 atom stereocenters. The van der Waals surface area contributed by atoms with Crippen LogP contribution in [0.1, 0.15) is 45.0 Å². The summed E-state index contributed by atoms with van der Waals surface area (Å²) in [5, 5.41) is 3.19. The number of hydrogen-bond acceptors (Lipinski definition) is 2. The van der Waals surface area contributed by atoms with Gasteiger partial charge in [0.05, 0.1) is 11.0 Å². The van der Waals surface area contributed by atoms with Crippen molar-refractivity contribution >= 4 is 17.0 Å². The topological polar surface area (TPSA) is 68.2 Å². The van der Waals surface area contributed by atoms with Crippen molar-refractivity contribution in [1.82, 2.24) is 14.9 Å². The number of aliphatic imine (C=N–C) groups is 1. The molecule has 1 aliphatic rings. The van der Waals surface area contributed by atoms with Gasteiger partial charge in [0.2, 0.25) is 0 Å². The Bertz CT molecular complexity index is 654. The van der Waals surface area contributed by atoms with Crippen LogP contribution >= 0.6 is 0 Å². The first kappa shape index (κ1) is 13.9. The highest BCUT2D eigenvalue weighted by molar-refractivity contribution is 5.78. The van der Waals surface area contributed by atoms with Crippen molar-refractivity contribution in [1.29, 1.82) is 0 Å². The quantitative estimate of drug-likeness (QED) is 0.655. The summed E-state index contributed by atoms with van der Waals surface area (Å²) in [6.07, 6.45) is 3.49. The first-order chi connectivity index (χ1) is 10.2. The van der Waals surface area contributed by atoms with E-state index in [1.807, 2.05) is 6.07 Å². The number of aromatic nitrogens is 2. The molecule has 0 radical (unpaired) electrons. The highest BCUT2D eigenvalue weighted by Gasteiger charge is 2.27. The highest BCUT2D eigenvalue weighted by Crippen LogP contribution is 2.38. The molecule has 112 valence electrons. The Balaban J connectivity index is 1.83. The molecule has 1 unspecified atom stereocenters. The van der Waals surface area contributed by atoms with Gasteiger partial charge < -0.3 is 15.6 Å². The van der Waals surface area contributed by atoms with Crippen LogP contribution in [0.15, 0.2) is 29.3 Å². The normalized spacial score (nSPS) is 17.1. The predicted octanol–water partition coefficient (Wildman–Crippen LogP) is 2.57. The summed E-state index contributed by atoms with van der Waals surface area (Å²) in [7, 11) is 0. The summed E-state index contributed by atoms with van der Waals surface area (Å²) < 4.78 is 2.33. The van der Waals surface area contributed by atoms with E-state index in [4.69, 9.17) is 10.7 Å². The fourth-order valence-corrected chi connectivity index (χ4v) is 2.50. The molecule has 1 aromatic heterocycles. The van der Waals surface area contributed by atoms with E-state index in [0.717, 1.165) is 17.8 Å². The Kier molecular flexibility index (Phi) is 3.82. The summed E-state index contributed by atoms with van der Waals surface area (Å²) in [5.41, 5.74) is 8.19. The molecule has 0 amide bonds. The van der Waals surface area contributed by atoms with E-state index in [0.29, 0.717) is 24.6 Å². The lowest BCUT2D eigenvalue weighted by Crippen LogP contribution is -2.38. The number of imidazole rings is 1. The molecule has 1 fully saturated rings. The first-order valence-corrected chi connectivity index (χ1v) is 7.71. The minimum atomic E-state index is 0.344. The number of hydrogen-bond donors (Lipinski definition) is 2. The van der Waals surface area contributed by atoms with Gasteiger partial charge in [-0.05, 0) is 38.3 Å². The maximum atomic E-state index is 5.94. The van der Waals surface area contributed by atoms with Gasteiger partial charge in [-0.15, -0.1) is 0 Å². The second-order valence-corrected chi connectivity index (χ2v) is 5.77. The number of guanidine groups is 1. The van der Waals surface area contributed by atoms with Gasteiger partial charge in [0.1, 0.15) is 12.4 Å². The van der Waals surface area contributed by atoms with Gasteiger partial charge in [0.25, 0.3) is 0 Å². The Morgan fingerprint density at radius 2 is 2.24 bits per heavy atom. The van der Waals surface area contributed by atoms with Gasteiger partial charge in [-0.25, -0.2) is 9.98 Å². The second-order valence-electron chi connectivity index (χ2n) is 5.77. The smallest absolute Gasteiger partial charge is 0.189 e. The first-order valence-electron chi connectivity index (χ1n) is 7.71. The number of nitrogens with two attached hydrogens (primary N) is 1. The molecule has 3 rings (SSSR count). The van der Waals surface area contributed by atoms with Gasteiger partial charge in [-0.3, -0.25) is 0 Å². The molecule has 2 aromatic rings. The molecular formula is C16H23N5. The lowest BCUT2D eigenvalue weighted by molar-refractivity contribution is 0.634. The second kappa shape index (κ2) is 5.76. The minimum absolute atomic E-state index is 0.344. The van der Waals surface area contributed by atoms with Crippen molar-refractivity contribution in [3.05, 3.63) is 30.1 Å². The van der Waals surface area contributed by atoms with Crippen LogP contribution in [0.2, 0.25) is 0 Å². The fourth-order valence-electron chi connectivity index (χ4n) is 2.50. The summed E-state index contributed by atoms with van der Waals surface area (Å²) in [4.78, 5) is 9.17. The van der Waals surface area contributed by atoms with Crippen LogP contribution in [0.5, 0.6) is 0 Å². The van der Waals surface area contributed by atoms with Gasteiger partial charge in [0, 0.05) is 12.1 Å². The Morgan fingerprint density at radius 1 is 1.48 bits per heavy atom. The van der Waals surface area contributed by atoms with Crippen LogP contribution in [0.25, 0.3) is 11.0 Å². The van der Waals surface area contributed by atoms with Crippen LogP contribution in [0.4, 0.5) is 0 Å². The Labute approximate surface area is 125 Å². The molecule has 0 bridgehead atoms. The lowest BCUT2D eigenvalue weighted by Gasteiger charge is -2.12. The molecule has 1 saturated carbocycles. The zero-order chi connectivity index (χ0) is 14.8. The van der Waals surface area contributed by atoms with Crippen LogP contribution in [-0.2, 0) is 6.54 Å². The molecule has 0 aliphatic heterocycles. The molecule has 5 nitrogen and oxygen atoms in total. The van der Waals surface area contributed by atoms with E-state index in [1.54, 1.807) is 0 Å². The third kappa shape index (κ3) is 3.01. The summed E-state index contributed by atoms with van der Waals surface area (Å²) in [6, 6.07) is 9.21. The van der Waals surface area contributed by atoms with Crippen LogP contribution in [0, 0.1) is 0 Å². The summed E-state index contributed by atoms with van der Waals surface area (Å²) in [5.74, 6) is 1.51. The monoisotopic (exact) mass is 285 g/mol. The van der Waals surface area contributed by atoms with E-state index in [2.05, 4.69) is 46.9 Å². The van der Waals surface area contributed by atoms with Crippen molar-refractivity contribution in [3.8, 4) is 0 Å². The zero-order valence-corrected chi connectivity index (χ0v) is 12.7. The number of rotatable bonds is 5.